The van der Waals surface area contributed by atoms with Crippen LogP contribution in [0.2, 0.25) is 0 Å². The molecule has 0 aliphatic heterocycles. The van der Waals surface area contributed by atoms with Crippen molar-refractivity contribution in [2.45, 2.75) is 20.3 Å². The zero-order chi connectivity index (χ0) is 14.0. The van der Waals surface area contributed by atoms with Crippen LogP contribution in [0.1, 0.15) is 30.6 Å². The number of carbonyl (C=O) groups excluding carboxylic acids is 1. The zero-order valence-electron chi connectivity index (χ0n) is 11.7. The van der Waals surface area contributed by atoms with E-state index in [0.717, 1.165) is 6.42 Å². The average molecular weight is 252 g/mol. The molecule has 0 aliphatic carbocycles. The first-order valence-corrected chi connectivity index (χ1v) is 6.10. The number of pyridine rings is 1. The van der Waals surface area contributed by atoms with E-state index >= 15 is 0 Å². The number of nitrogens with two attached hydrogens (primary N) is 1. The molecule has 4 N–H and O–H groups in total. The van der Waals surface area contributed by atoms with Gasteiger partial charge in [0.1, 0.15) is 5.82 Å². The maximum atomic E-state index is 11.6. The number of hydrogen-bond donors (Lipinski definition) is 3. The number of nitrogens with one attached hydrogen (secondary N) is 2. The van der Waals surface area contributed by atoms with E-state index in [0.29, 0.717) is 18.0 Å². The van der Waals surface area contributed by atoms with Crippen LogP contribution in [0.5, 0.6) is 0 Å². The van der Waals surface area contributed by atoms with Crippen LogP contribution in [-0.2, 0) is 0 Å². The van der Waals surface area contributed by atoms with Gasteiger partial charge in [-0.15, -0.1) is 0 Å². The van der Waals surface area contributed by atoms with Gasteiger partial charge < -0.3 is 16.4 Å². The molecule has 0 aliphatic rings. The molecular weight excluding hydrogens is 228 g/mol. The first kappa shape index (κ1) is 16.4. The number of aromatic nitrogens is 1. The molecular formula is C13H24N4O. The SMILES string of the molecule is CC(C)CCNC(=O)c1cccnc1N.CNC. The Kier molecular flexibility index (Phi) is 8.57. The van der Waals surface area contributed by atoms with Gasteiger partial charge in [0.05, 0.1) is 5.56 Å². The molecule has 1 aromatic rings. The van der Waals surface area contributed by atoms with E-state index in [1.54, 1.807) is 18.3 Å². The molecule has 18 heavy (non-hydrogen) atoms. The minimum absolute atomic E-state index is 0.152. The lowest BCUT2D eigenvalue weighted by Crippen LogP contribution is -2.26. The average Bonchev–Trinajstić information content (AvgIpc) is 2.30. The van der Waals surface area contributed by atoms with Crippen LogP contribution < -0.4 is 16.4 Å². The fourth-order valence-electron chi connectivity index (χ4n) is 1.18. The number of amides is 1. The summed E-state index contributed by atoms with van der Waals surface area (Å²) >= 11 is 0. The predicted octanol–water partition coefficient (Wildman–Crippen LogP) is 1.28. The quantitative estimate of drug-likeness (QED) is 0.754. The monoisotopic (exact) mass is 252 g/mol. The molecule has 0 fully saturated rings. The number of anilines is 1. The molecule has 5 heteroatoms. The lowest BCUT2D eigenvalue weighted by molar-refractivity contribution is 0.0952. The van der Waals surface area contributed by atoms with E-state index in [9.17, 15) is 4.79 Å². The van der Waals surface area contributed by atoms with E-state index < -0.39 is 0 Å². The molecule has 0 bridgehead atoms. The van der Waals surface area contributed by atoms with E-state index in [4.69, 9.17) is 5.73 Å². The maximum Gasteiger partial charge on any atom is 0.255 e. The molecule has 0 aromatic carbocycles. The second-order valence-corrected chi connectivity index (χ2v) is 4.37. The smallest absolute Gasteiger partial charge is 0.255 e. The van der Waals surface area contributed by atoms with Gasteiger partial charge in [-0.3, -0.25) is 4.79 Å². The number of hydrogen-bond acceptors (Lipinski definition) is 4. The van der Waals surface area contributed by atoms with Crippen LogP contribution in [0.3, 0.4) is 0 Å². The normalized spacial score (nSPS) is 9.61. The fraction of sp³-hybridized carbons (Fsp3) is 0.538. The first-order valence-electron chi connectivity index (χ1n) is 6.10. The molecule has 0 saturated heterocycles. The van der Waals surface area contributed by atoms with Gasteiger partial charge in [0.2, 0.25) is 0 Å². The Morgan fingerprint density at radius 1 is 1.44 bits per heavy atom. The molecule has 102 valence electrons. The summed E-state index contributed by atoms with van der Waals surface area (Å²) in [7, 11) is 3.75. The van der Waals surface area contributed by atoms with Gasteiger partial charge >= 0.3 is 0 Å². The standard InChI is InChI=1S/C11H17N3O.C2H7N/c1-8(2)5-7-14-11(15)9-4-3-6-13-10(9)12;1-3-2/h3-4,6,8H,5,7H2,1-2H3,(H2,12,13)(H,14,15);3H,1-2H3. The van der Waals surface area contributed by atoms with Crippen molar-refractivity contribution in [1.29, 1.82) is 0 Å². The van der Waals surface area contributed by atoms with Crippen LogP contribution in [-0.4, -0.2) is 31.5 Å². The fourth-order valence-corrected chi connectivity index (χ4v) is 1.18. The van der Waals surface area contributed by atoms with Gasteiger partial charge in [0, 0.05) is 12.7 Å². The number of nitrogens with zero attached hydrogens (tertiary/aromatic N) is 1. The number of nitrogen functional groups attached to an aromatic ring is 1. The van der Waals surface area contributed by atoms with Crippen LogP contribution >= 0.6 is 0 Å². The summed E-state index contributed by atoms with van der Waals surface area (Å²) in [5.74, 6) is 0.706. The third-order valence-electron chi connectivity index (χ3n) is 2.09. The molecule has 1 amide bonds. The minimum atomic E-state index is -0.152. The highest BCUT2D eigenvalue weighted by Gasteiger charge is 2.08. The maximum absolute atomic E-state index is 11.6. The molecule has 1 rings (SSSR count). The second kappa shape index (κ2) is 9.41. The highest BCUT2D eigenvalue weighted by molar-refractivity contribution is 5.98. The summed E-state index contributed by atoms with van der Waals surface area (Å²) in [5.41, 5.74) is 6.03. The van der Waals surface area contributed by atoms with Crippen LogP contribution in [0, 0.1) is 5.92 Å². The summed E-state index contributed by atoms with van der Waals surface area (Å²) < 4.78 is 0. The predicted molar refractivity (Wildman–Crippen MR) is 75.4 cm³/mol. The molecule has 5 nitrogen and oxygen atoms in total. The highest BCUT2D eigenvalue weighted by atomic mass is 16.1. The third kappa shape index (κ3) is 6.85. The van der Waals surface area contributed by atoms with Gasteiger partial charge in [-0.05, 0) is 38.6 Å². The molecule has 0 unspecified atom stereocenters. The van der Waals surface area contributed by atoms with Crippen molar-refractivity contribution >= 4 is 11.7 Å². The van der Waals surface area contributed by atoms with Crippen molar-refractivity contribution in [1.82, 2.24) is 15.6 Å². The van der Waals surface area contributed by atoms with Gasteiger partial charge in [0.25, 0.3) is 5.91 Å². The Bertz CT molecular complexity index is 353. The Hall–Kier alpha value is -1.62. The van der Waals surface area contributed by atoms with Crippen molar-refractivity contribution in [2.75, 3.05) is 26.4 Å². The third-order valence-corrected chi connectivity index (χ3v) is 2.09. The molecule has 1 aromatic heterocycles. The van der Waals surface area contributed by atoms with E-state index in [2.05, 4.69) is 29.5 Å². The van der Waals surface area contributed by atoms with Crippen molar-refractivity contribution in [3.05, 3.63) is 23.9 Å². The van der Waals surface area contributed by atoms with Crippen LogP contribution in [0.4, 0.5) is 5.82 Å². The Morgan fingerprint density at radius 2 is 2.06 bits per heavy atom. The van der Waals surface area contributed by atoms with Crippen LogP contribution in [0.25, 0.3) is 0 Å². The summed E-state index contributed by atoms with van der Waals surface area (Å²) in [5, 5.41) is 5.56. The first-order chi connectivity index (χ1) is 8.52. The topological polar surface area (TPSA) is 80.0 Å². The van der Waals surface area contributed by atoms with Gasteiger partial charge in [0.15, 0.2) is 0 Å². The molecule has 0 saturated carbocycles. The highest BCUT2D eigenvalue weighted by Crippen LogP contribution is 2.06. The number of rotatable bonds is 4. The summed E-state index contributed by atoms with van der Waals surface area (Å²) in [6.45, 7) is 4.90. The Labute approximate surface area is 109 Å². The van der Waals surface area contributed by atoms with Crippen molar-refractivity contribution < 1.29 is 4.79 Å². The molecule has 0 atom stereocenters. The van der Waals surface area contributed by atoms with Gasteiger partial charge in [-0.25, -0.2) is 4.98 Å². The largest absolute Gasteiger partial charge is 0.383 e. The van der Waals surface area contributed by atoms with Crippen molar-refractivity contribution in [3.8, 4) is 0 Å². The Morgan fingerprint density at radius 3 is 2.56 bits per heavy atom. The van der Waals surface area contributed by atoms with E-state index in [-0.39, 0.29) is 11.7 Å². The summed E-state index contributed by atoms with van der Waals surface area (Å²) in [6, 6.07) is 3.38. The van der Waals surface area contributed by atoms with Crippen LogP contribution in [0.15, 0.2) is 18.3 Å². The van der Waals surface area contributed by atoms with Gasteiger partial charge in [-0.2, -0.15) is 0 Å². The minimum Gasteiger partial charge on any atom is -0.383 e. The van der Waals surface area contributed by atoms with Crippen molar-refractivity contribution in [2.24, 2.45) is 5.92 Å². The molecule has 1 heterocycles. The Balaban J connectivity index is 0.000000873. The second-order valence-electron chi connectivity index (χ2n) is 4.37. The zero-order valence-corrected chi connectivity index (χ0v) is 11.7. The molecule has 0 spiro atoms. The number of carbonyl (C=O) groups is 1. The molecule has 0 radical (unpaired) electrons. The lowest BCUT2D eigenvalue weighted by Gasteiger charge is -2.07. The van der Waals surface area contributed by atoms with Crippen molar-refractivity contribution in [3.63, 3.8) is 0 Å². The summed E-state index contributed by atoms with van der Waals surface area (Å²) in [6.07, 6.45) is 2.53. The van der Waals surface area contributed by atoms with Gasteiger partial charge in [-0.1, -0.05) is 13.8 Å². The lowest BCUT2D eigenvalue weighted by atomic mass is 10.1. The summed E-state index contributed by atoms with van der Waals surface area (Å²) in [4.78, 5) is 15.5. The van der Waals surface area contributed by atoms with E-state index in [1.165, 1.54) is 0 Å². The van der Waals surface area contributed by atoms with E-state index in [1.807, 2.05) is 14.1 Å².